The van der Waals surface area contributed by atoms with E-state index in [2.05, 4.69) is 24.3 Å². The molecule has 0 atom stereocenters. The number of nitro benzene ring substituents is 1. The van der Waals surface area contributed by atoms with Gasteiger partial charge in [0.1, 0.15) is 0 Å². The molecule has 0 bridgehead atoms. The predicted molar refractivity (Wildman–Crippen MR) is 76.9 cm³/mol. The second kappa shape index (κ2) is 5.83. The largest absolute Gasteiger partial charge is 0.309 e. The first-order valence-electron chi connectivity index (χ1n) is 6.51. The minimum absolute atomic E-state index is 0.111. The van der Waals surface area contributed by atoms with Crippen LogP contribution in [0.2, 0.25) is 0 Å². The molecular weight excluding hydrogens is 256 g/mol. The fraction of sp³-hybridized carbons (Fsp3) is 0.357. The van der Waals surface area contributed by atoms with E-state index in [0.29, 0.717) is 18.2 Å². The van der Waals surface area contributed by atoms with Crippen LogP contribution in [-0.2, 0) is 6.54 Å². The number of hydrogen-bond donors (Lipinski definition) is 1. The summed E-state index contributed by atoms with van der Waals surface area (Å²) in [6.45, 7) is 6.56. The van der Waals surface area contributed by atoms with Crippen LogP contribution in [0.3, 0.4) is 0 Å². The van der Waals surface area contributed by atoms with E-state index in [4.69, 9.17) is 0 Å². The van der Waals surface area contributed by atoms with Crippen LogP contribution in [0.25, 0.3) is 5.69 Å². The number of benzene rings is 1. The molecule has 2 rings (SSSR count). The molecule has 1 N–H and O–H groups in total. The highest BCUT2D eigenvalue weighted by Gasteiger charge is 2.14. The Morgan fingerprint density at radius 2 is 2.15 bits per heavy atom. The van der Waals surface area contributed by atoms with Gasteiger partial charge in [-0.15, -0.1) is 0 Å². The molecule has 0 amide bonds. The Hall–Kier alpha value is -2.21. The van der Waals surface area contributed by atoms with Crippen molar-refractivity contribution in [3.8, 4) is 5.69 Å². The van der Waals surface area contributed by atoms with Crippen LogP contribution < -0.4 is 5.32 Å². The molecule has 6 nitrogen and oxygen atoms in total. The van der Waals surface area contributed by atoms with Crippen LogP contribution in [0.4, 0.5) is 5.69 Å². The molecule has 106 valence electrons. The monoisotopic (exact) mass is 274 g/mol. The second-order valence-corrected chi connectivity index (χ2v) is 4.97. The average Bonchev–Trinajstić information content (AvgIpc) is 2.85. The molecule has 1 aromatic carbocycles. The van der Waals surface area contributed by atoms with Crippen LogP contribution in [0.15, 0.2) is 30.5 Å². The standard InChI is InChI=1S/C14H18N4O2/c1-10(2)15-9-12-7-8-17(16-12)13-5-4-6-14(11(13)3)18(19)20/h4-8,10,15H,9H2,1-3H3. The van der Waals surface area contributed by atoms with Crippen molar-refractivity contribution in [2.45, 2.75) is 33.4 Å². The Morgan fingerprint density at radius 1 is 1.40 bits per heavy atom. The second-order valence-electron chi connectivity index (χ2n) is 4.97. The molecule has 20 heavy (non-hydrogen) atoms. The average molecular weight is 274 g/mol. The molecule has 0 saturated carbocycles. The van der Waals surface area contributed by atoms with Gasteiger partial charge in [0.2, 0.25) is 0 Å². The van der Waals surface area contributed by atoms with Gasteiger partial charge in [0.05, 0.1) is 21.9 Å². The number of nitro groups is 1. The smallest absolute Gasteiger partial charge is 0.274 e. The normalized spacial score (nSPS) is 11.0. The molecule has 2 aromatic rings. The number of nitrogens with zero attached hydrogens (tertiary/aromatic N) is 3. The SMILES string of the molecule is Cc1c(-n2ccc(CNC(C)C)n2)cccc1[N+](=O)[O-]. The molecule has 0 unspecified atom stereocenters. The van der Waals surface area contributed by atoms with Gasteiger partial charge in [0, 0.05) is 24.8 Å². The lowest BCUT2D eigenvalue weighted by Gasteiger charge is -2.07. The molecule has 0 radical (unpaired) electrons. The van der Waals surface area contributed by atoms with Crippen LogP contribution in [-0.4, -0.2) is 20.7 Å². The fourth-order valence-corrected chi connectivity index (χ4v) is 1.96. The van der Waals surface area contributed by atoms with E-state index in [9.17, 15) is 10.1 Å². The zero-order valence-electron chi connectivity index (χ0n) is 11.8. The first-order chi connectivity index (χ1) is 9.49. The molecule has 1 heterocycles. The Kier molecular flexibility index (Phi) is 4.14. The number of nitrogens with one attached hydrogen (secondary N) is 1. The van der Waals surface area contributed by atoms with E-state index in [-0.39, 0.29) is 10.6 Å². The van der Waals surface area contributed by atoms with E-state index in [1.54, 1.807) is 17.7 Å². The molecule has 6 heteroatoms. The van der Waals surface area contributed by atoms with Gasteiger partial charge in [-0.25, -0.2) is 4.68 Å². The summed E-state index contributed by atoms with van der Waals surface area (Å²) in [5.74, 6) is 0. The molecule has 0 aliphatic carbocycles. The third-order valence-electron chi connectivity index (χ3n) is 3.06. The minimum Gasteiger partial charge on any atom is -0.309 e. The van der Waals surface area contributed by atoms with Crippen molar-refractivity contribution in [2.24, 2.45) is 0 Å². The van der Waals surface area contributed by atoms with E-state index in [1.165, 1.54) is 6.07 Å². The van der Waals surface area contributed by atoms with Crippen LogP contribution in [0, 0.1) is 17.0 Å². The molecular formula is C14H18N4O2. The molecule has 0 aliphatic rings. The summed E-state index contributed by atoms with van der Waals surface area (Å²) < 4.78 is 1.68. The maximum atomic E-state index is 11.0. The molecule has 0 aliphatic heterocycles. The topological polar surface area (TPSA) is 73.0 Å². The van der Waals surface area contributed by atoms with Crippen molar-refractivity contribution in [3.63, 3.8) is 0 Å². The Bertz CT molecular complexity index is 619. The zero-order valence-corrected chi connectivity index (χ0v) is 11.8. The summed E-state index contributed by atoms with van der Waals surface area (Å²) in [4.78, 5) is 10.6. The first kappa shape index (κ1) is 14.2. The highest BCUT2D eigenvalue weighted by Crippen LogP contribution is 2.23. The quantitative estimate of drug-likeness (QED) is 0.672. The van der Waals surface area contributed by atoms with E-state index >= 15 is 0 Å². The predicted octanol–water partition coefficient (Wildman–Crippen LogP) is 2.59. The molecule has 0 saturated heterocycles. The lowest BCUT2D eigenvalue weighted by molar-refractivity contribution is -0.385. The maximum Gasteiger partial charge on any atom is 0.274 e. The van der Waals surface area contributed by atoms with Crippen molar-refractivity contribution < 1.29 is 4.92 Å². The summed E-state index contributed by atoms with van der Waals surface area (Å²) in [5.41, 5.74) is 2.36. The molecule has 0 fully saturated rings. The summed E-state index contributed by atoms with van der Waals surface area (Å²) in [6.07, 6.45) is 1.82. The lowest BCUT2D eigenvalue weighted by atomic mass is 10.1. The minimum atomic E-state index is -0.371. The Labute approximate surface area is 117 Å². The summed E-state index contributed by atoms with van der Waals surface area (Å²) in [7, 11) is 0. The highest BCUT2D eigenvalue weighted by atomic mass is 16.6. The van der Waals surface area contributed by atoms with Crippen molar-refractivity contribution in [3.05, 3.63) is 51.8 Å². The fourth-order valence-electron chi connectivity index (χ4n) is 1.96. The van der Waals surface area contributed by atoms with Crippen LogP contribution >= 0.6 is 0 Å². The van der Waals surface area contributed by atoms with Crippen molar-refractivity contribution >= 4 is 5.69 Å². The summed E-state index contributed by atoms with van der Waals surface area (Å²) in [5, 5.41) is 18.7. The van der Waals surface area contributed by atoms with E-state index in [1.807, 2.05) is 18.3 Å². The van der Waals surface area contributed by atoms with Gasteiger partial charge in [0.25, 0.3) is 5.69 Å². The highest BCUT2D eigenvalue weighted by molar-refractivity contribution is 5.52. The van der Waals surface area contributed by atoms with Gasteiger partial charge in [-0.05, 0) is 19.1 Å². The van der Waals surface area contributed by atoms with Crippen molar-refractivity contribution in [2.75, 3.05) is 0 Å². The Balaban J connectivity index is 2.28. The van der Waals surface area contributed by atoms with E-state index < -0.39 is 0 Å². The van der Waals surface area contributed by atoms with Crippen molar-refractivity contribution in [1.29, 1.82) is 0 Å². The third-order valence-corrected chi connectivity index (χ3v) is 3.06. The van der Waals surface area contributed by atoms with E-state index in [0.717, 1.165) is 11.4 Å². The van der Waals surface area contributed by atoms with Gasteiger partial charge in [-0.1, -0.05) is 19.9 Å². The Morgan fingerprint density at radius 3 is 2.80 bits per heavy atom. The molecule has 1 aromatic heterocycles. The van der Waals surface area contributed by atoms with Gasteiger partial charge in [-0.3, -0.25) is 10.1 Å². The summed E-state index contributed by atoms with van der Waals surface area (Å²) >= 11 is 0. The van der Waals surface area contributed by atoms with Crippen LogP contribution in [0.5, 0.6) is 0 Å². The first-order valence-corrected chi connectivity index (χ1v) is 6.51. The third kappa shape index (κ3) is 3.03. The van der Waals surface area contributed by atoms with Crippen LogP contribution in [0.1, 0.15) is 25.1 Å². The number of rotatable bonds is 5. The number of aromatic nitrogens is 2. The van der Waals surface area contributed by atoms with Gasteiger partial charge in [0.15, 0.2) is 0 Å². The number of hydrogen-bond acceptors (Lipinski definition) is 4. The van der Waals surface area contributed by atoms with Crippen molar-refractivity contribution in [1.82, 2.24) is 15.1 Å². The lowest BCUT2D eigenvalue weighted by Crippen LogP contribution is -2.22. The maximum absolute atomic E-state index is 11.0. The van der Waals surface area contributed by atoms with Gasteiger partial charge in [-0.2, -0.15) is 5.10 Å². The zero-order chi connectivity index (χ0) is 14.7. The van der Waals surface area contributed by atoms with Gasteiger partial charge < -0.3 is 5.32 Å². The molecule has 0 spiro atoms. The summed E-state index contributed by atoms with van der Waals surface area (Å²) in [6, 6.07) is 7.31. The van der Waals surface area contributed by atoms with Gasteiger partial charge >= 0.3 is 0 Å².